The van der Waals surface area contributed by atoms with Gasteiger partial charge in [0.15, 0.2) is 0 Å². The Morgan fingerprint density at radius 2 is 1.91 bits per heavy atom. The number of carboxylic acids is 1. The van der Waals surface area contributed by atoms with Crippen molar-refractivity contribution in [1.29, 1.82) is 0 Å². The molecule has 4 aromatic rings. The van der Waals surface area contributed by atoms with Crippen LogP contribution < -0.4 is 10.5 Å². The minimum atomic E-state index is -1.14. The maximum Gasteiger partial charge on any atom is 0.323 e. The molecular weight excluding hydrogens is 443 g/mol. The molecule has 0 bridgehead atoms. The number of benzene rings is 1. The van der Waals surface area contributed by atoms with E-state index in [1.165, 1.54) is 28.3 Å². The van der Waals surface area contributed by atoms with Crippen LogP contribution in [0.2, 0.25) is 0 Å². The molecule has 1 aromatic carbocycles. The predicted octanol–water partition coefficient (Wildman–Crippen LogP) is 3.20. The third-order valence-electron chi connectivity index (χ3n) is 6.18. The number of piperazine rings is 1. The summed E-state index contributed by atoms with van der Waals surface area (Å²) in [5.41, 5.74) is 0.702. The summed E-state index contributed by atoms with van der Waals surface area (Å²) in [6.45, 7) is 3.77. The number of halogens is 1. The topological polar surface area (TPSA) is 78.7 Å². The van der Waals surface area contributed by atoms with E-state index < -0.39 is 23.9 Å². The summed E-state index contributed by atoms with van der Waals surface area (Å²) in [5.74, 6) is -0.604. The van der Waals surface area contributed by atoms with E-state index in [9.17, 15) is 14.0 Å². The fourth-order valence-corrected chi connectivity index (χ4v) is 5.30. The molecule has 1 fully saturated rings. The van der Waals surface area contributed by atoms with Crippen molar-refractivity contribution < 1.29 is 14.3 Å². The van der Waals surface area contributed by atoms with Crippen molar-refractivity contribution in [2.75, 3.05) is 37.6 Å². The van der Waals surface area contributed by atoms with E-state index in [1.54, 1.807) is 17.4 Å². The van der Waals surface area contributed by atoms with Gasteiger partial charge < -0.3 is 10.0 Å². The smallest absolute Gasteiger partial charge is 0.323 e. The number of carboxylic acid groups (broad SMARTS) is 1. The van der Waals surface area contributed by atoms with Crippen LogP contribution in [-0.4, -0.2) is 58.3 Å². The lowest BCUT2D eigenvalue weighted by Gasteiger charge is -2.35. The second-order valence-electron chi connectivity index (χ2n) is 8.19. The molecule has 1 aliphatic rings. The average molecular weight is 467 g/mol. The highest BCUT2D eigenvalue weighted by Crippen LogP contribution is 2.29. The van der Waals surface area contributed by atoms with Crippen molar-refractivity contribution in [3.8, 4) is 0 Å². The molecule has 7 nitrogen and oxygen atoms in total. The Bertz CT molecular complexity index is 1390. The minimum absolute atomic E-state index is 0.319. The second-order valence-corrected chi connectivity index (χ2v) is 9.14. The van der Waals surface area contributed by atoms with Crippen molar-refractivity contribution in [3.63, 3.8) is 0 Å². The van der Waals surface area contributed by atoms with Crippen LogP contribution in [0.1, 0.15) is 5.56 Å². The average Bonchev–Trinajstić information content (AvgIpc) is 3.29. The number of pyridine rings is 2. The molecule has 0 atom stereocenters. The highest BCUT2D eigenvalue weighted by molar-refractivity contribution is 7.17. The standard InChI is InChI=1S/C24H23FN4O3S/c25-17-1-2-18-16(13-22(30)29(15-23(31)32)20(18)14-17)4-7-27-8-10-28(11-9-27)24-19-5-12-33-21(19)3-6-26-24/h1-3,5-6,12-14H,4,7-11,15H2,(H,31,32). The summed E-state index contributed by atoms with van der Waals surface area (Å²) in [6.07, 6.45) is 2.49. The summed E-state index contributed by atoms with van der Waals surface area (Å²) in [5, 5.41) is 13.1. The molecule has 0 unspecified atom stereocenters. The van der Waals surface area contributed by atoms with Crippen molar-refractivity contribution in [1.82, 2.24) is 14.5 Å². The van der Waals surface area contributed by atoms with Crippen LogP contribution in [0.25, 0.3) is 21.0 Å². The third kappa shape index (κ3) is 4.34. The fraction of sp³-hybridized carbons (Fsp3) is 0.292. The lowest BCUT2D eigenvalue weighted by atomic mass is 10.0. The molecule has 0 aliphatic carbocycles. The van der Waals surface area contributed by atoms with Gasteiger partial charge in [0.2, 0.25) is 0 Å². The molecule has 0 saturated carbocycles. The van der Waals surface area contributed by atoms with E-state index in [0.29, 0.717) is 17.3 Å². The Balaban J connectivity index is 1.30. The van der Waals surface area contributed by atoms with Crippen LogP contribution in [0.15, 0.2) is 52.8 Å². The van der Waals surface area contributed by atoms with E-state index in [1.807, 2.05) is 12.3 Å². The van der Waals surface area contributed by atoms with Crippen molar-refractivity contribution in [2.45, 2.75) is 13.0 Å². The number of fused-ring (bicyclic) bond motifs is 2. The van der Waals surface area contributed by atoms with Gasteiger partial charge in [0, 0.05) is 60.5 Å². The zero-order chi connectivity index (χ0) is 22.9. The highest BCUT2D eigenvalue weighted by atomic mass is 32.1. The Labute approximate surface area is 193 Å². The molecule has 0 amide bonds. The third-order valence-corrected chi connectivity index (χ3v) is 7.06. The van der Waals surface area contributed by atoms with Gasteiger partial charge in [-0.1, -0.05) is 0 Å². The molecule has 3 aromatic heterocycles. The number of anilines is 1. The van der Waals surface area contributed by atoms with Crippen LogP contribution in [-0.2, 0) is 17.8 Å². The Hall–Kier alpha value is -3.30. The molecule has 4 heterocycles. The highest BCUT2D eigenvalue weighted by Gasteiger charge is 2.20. The molecule has 0 spiro atoms. The van der Waals surface area contributed by atoms with Gasteiger partial charge in [0.05, 0.1) is 5.52 Å². The van der Waals surface area contributed by atoms with Gasteiger partial charge in [-0.25, -0.2) is 9.37 Å². The first-order chi connectivity index (χ1) is 16.0. The van der Waals surface area contributed by atoms with Gasteiger partial charge in [0.25, 0.3) is 5.56 Å². The summed E-state index contributed by atoms with van der Waals surface area (Å²) < 4.78 is 16.2. The molecule has 5 rings (SSSR count). The Kier molecular flexibility index (Phi) is 5.82. The van der Waals surface area contributed by atoms with Gasteiger partial charge in [-0.2, -0.15) is 0 Å². The molecular formula is C24H23FN4O3S. The van der Waals surface area contributed by atoms with Crippen LogP contribution in [0.5, 0.6) is 0 Å². The number of rotatable bonds is 6. The number of hydrogen-bond donors (Lipinski definition) is 1. The summed E-state index contributed by atoms with van der Waals surface area (Å²) >= 11 is 1.72. The maximum atomic E-state index is 13.9. The van der Waals surface area contributed by atoms with Gasteiger partial charge in [0.1, 0.15) is 18.2 Å². The first kappa shape index (κ1) is 21.5. The van der Waals surface area contributed by atoms with Crippen molar-refractivity contribution in [2.24, 2.45) is 0 Å². The normalized spacial score (nSPS) is 14.9. The quantitative estimate of drug-likeness (QED) is 0.470. The number of hydrogen-bond acceptors (Lipinski definition) is 6. The number of carbonyl (C=O) groups is 1. The number of thiophene rings is 1. The molecule has 1 saturated heterocycles. The van der Waals surface area contributed by atoms with Crippen LogP contribution >= 0.6 is 11.3 Å². The van der Waals surface area contributed by atoms with Gasteiger partial charge in [-0.3, -0.25) is 19.1 Å². The van der Waals surface area contributed by atoms with E-state index in [0.717, 1.165) is 48.7 Å². The van der Waals surface area contributed by atoms with Gasteiger partial charge >= 0.3 is 5.97 Å². The van der Waals surface area contributed by atoms with Crippen LogP contribution in [0.3, 0.4) is 0 Å². The second kappa shape index (κ2) is 8.92. The number of aliphatic carboxylic acids is 1. The van der Waals surface area contributed by atoms with Crippen molar-refractivity contribution in [3.05, 3.63) is 69.7 Å². The number of nitrogens with zero attached hydrogens (tertiary/aromatic N) is 4. The molecule has 1 N–H and O–H groups in total. The summed E-state index contributed by atoms with van der Waals surface area (Å²) in [4.78, 5) is 33.0. The molecule has 170 valence electrons. The molecule has 1 aliphatic heterocycles. The lowest BCUT2D eigenvalue weighted by molar-refractivity contribution is -0.137. The SMILES string of the molecule is O=C(O)Cn1c(=O)cc(CCN2CCN(c3nccc4sccc34)CC2)c2ccc(F)cc21. The predicted molar refractivity (Wildman–Crippen MR) is 128 cm³/mol. The lowest BCUT2D eigenvalue weighted by Crippen LogP contribution is -2.47. The Morgan fingerprint density at radius 1 is 1.09 bits per heavy atom. The van der Waals surface area contributed by atoms with Gasteiger partial charge in [-0.05, 0) is 47.7 Å². The Morgan fingerprint density at radius 3 is 2.70 bits per heavy atom. The van der Waals surface area contributed by atoms with Gasteiger partial charge in [-0.15, -0.1) is 11.3 Å². The van der Waals surface area contributed by atoms with Crippen molar-refractivity contribution >= 4 is 44.1 Å². The molecule has 9 heteroatoms. The molecule has 33 heavy (non-hydrogen) atoms. The first-order valence-electron chi connectivity index (χ1n) is 10.8. The van der Waals surface area contributed by atoms with Crippen LogP contribution in [0.4, 0.5) is 10.2 Å². The monoisotopic (exact) mass is 466 g/mol. The first-order valence-corrected chi connectivity index (χ1v) is 11.7. The zero-order valence-corrected chi connectivity index (χ0v) is 18.7. The molecule has 0 radical (unpaired) electrons. The van der Waals surface area contributed by atoms with E-state index in [2.05, 4.69) is 26.2 Å². The number of aromatic nitrogens is 2. The van der Waals surface area contributed by atoms with Crippen LogP contribution in [0, 0.1) is 5.82 Å². The van der Waals surface area contributed by atoms with E-state index in [-0.39, 0.29) is 0 Å². The zero-order valence-electron chi connectivity index (χ0n) is 17.9. The largest absolute Gasteiger partial charge is 0.480 e. The summed E-state index contributed by atoms with van der Waals surface area (Å²) in [6, 6.07) is 9.86. The van der Waals surface area contributed by atoms with E-state index >= 15 is 0 Å². The summed E-state index contributed by atoms with van der Waals surface area (Å²) in [7, 11) is 0. The fourth-order valence-electron chi connectivity index (χ4n) is 4.52. The van der Waals surface area contributed by atoms with E-state index in [4.69, 9.17) is 5.11 Å². The maximum absolute atomic E-state index is 13.9. The minimum Gasteiger partial charge on any atom is -0.480 e.